The van der Waals surface area contributed by atoms with Crippen LogP contribution in [0.4, 0.5) is 0 Å². The minimum atomic E-state index is 0.276. The zero-order chi connectivity index (χ0) is 12.3. The fourth-order valence-electron chi connectivity index (χ4n) is 1.46. The lowest BCUT2D eigenvalue weighted by Gasteiger charge is -2.15. The zero-order valence-corrected chi connectivity index (χ0v) is 11.4. The zero-order valence-electron chi connectivity index (χ0n) is 9.77. The molecule has 92 valence electrons. The molecule has 5 nitrogen and oxygen atoms in total. The van der Waals surface area contributed by atoms with E-state index in [4.69, 9.17) is 16.6 Å². The molecule has 0 spiro atoms. The summed E-state index contributed by atoms with van der Waals surface area (Å²) in [7, 11) is 0. The first-order valence-corrected chi connectivity index (χ1v) is 6.74. The minimum Gasteiger partial charge on any atom is -0.408 e. The average Bonchev–Trinajstić information content (AvgIpc) is 2.94. The smallest absolute Gasteiger partial charge is 0.284 e. The molecule has 0 aliphatic rings. The second-order valence-electron chi connectivity index (χ2n) is 3.51. The number of rotatable bonds is 5. The lowest BCUT2D eigenvalue weighted by atomic mass is 10.4. The maximum Gasteiger partial charge on any atom is 0.284 e. The second-order valence-corrected chi connectivity index (χ2v) is 4.82. The molecule has 2 aromatic rings. The average molecular weight is 270 g/mol. The summed E-state index contributed by atoms with van der Waals surface area (Å²) in [5.74, 6) is 0.456. The fourth-order valence-corrected chi connectivity index (χ4v) is 2.39. The van der Waals surface area contributed by atoms with Gasteiger partial charge in [0.1, 0.15) is 10.7 Å². The molecule has 0 amide bonds. The van der Waals surface area contributed by atoms with Gasteiger partial charge in [0.25, 0.3) is 10.7 Å². The van der Waals surface area contributed by atoms with E-state index in [0.717, 1.165) is 30.3 Å². The van der Waals surface area contributed by atoms with Gasteiger partial charge in [0.2, 0.25) is 0 Å². The number of hydrogen-bond acceptors (Lipinski definition) is 6. The number of nitrogens with one attached hydrogen (secondary N) is 1. The largest absolute Gasteiger partial charge is 0.408 e. The van der Waals surface area contributed by atoms with Crippen molar-refractivity contribution in [2.24, 2.45) is 0 Å². The van der Waals surface area contributed by atoms with Gasteiger partial charge in [-0.25, -0.2) is 10.1 Å². The molecule has 0 atom stereocenters. The molecule has 7 heteroatoms. The van der Waals surface area contributed by atoms with Crippen LogP contribution in [-0.2, 0) is 6.54 Å². The van der Waals surface area contributed by atoms with Crippen LogP contribution in [0.25, 0.3) is 11.6 Å². The molecule has 0 aliphatic carbocycles. The summed E-state index contributed by atoms with van der Waals surface area (Å²) in [6.45, 7) is 7.20. The Morgan fingerprint density at radius 2 is 2.24 bits per heavy atom. The predicted octanol–water partition coefficient (Wildman–Crippen LogP) is 2.70. The summed E-state index contributed by atoms with van der Waals surface area (Å²) >= 11 is 6.44. The van der Waals surface area contributed by atoms with Gasteiger partial charge in [-0.1, -0.05) is 13.8 Å². The Labute approximate surface area is 108 Å². The SMILES string of the molecule is CCN(CC)Cc1nc(-c2n[nH]c(=S)o2)cs1. The Morgan fingerprint density at radius 1 is 1.47 bits per heavy atom. The lowest BCUT2D eigenvalue weighted by Crippen LogP contribution is -2.21. The number of hydrogen-bond donors (Lipinski definition) is 1. The second kappa shape index (κ2) is 5.52. The van der Waals surface area contributed by atoms with Crippen molar-refractivity contribution < 1.29 is 4.42 Å². The Morgan fingerprint density at radius 3 is 2.82 bits per heavy atom. The summed E-state index contributed by atoms with van der Waals surface area (Å²) in [4.78, 5) is 7.07. The van der Waals surface area contributed by atoms with Crippen LogP contribution in [0.3, 0.4) is 0 Å². The summed E-state index contributed by atoms with van der Waals surface area (Å²) in [6, 6.07) is 0. The molecule has 1 N–H and O–H groups in total. The summed E-state index contributed by atoms with van der Waals surface area (Å²) in [5, 5.41) is 9.55. The van der Waals surface area contributed by atoms with Gasteiger partial charge in [0.05, 0.1) is 6.54 Å². The van der Waals surface area contributed by atoms with Crippen molar-refractivity contribution in [1.29, 1.82) is 0 Å². The van der Waals surface area contributed by atoms with E-state index in [9.17, 15) is 0 Å². The number of aromatic amines is 1. The Balaban J connectivity index is 2.13. The first-order valence-electron chi connectivity index (χ1n) is 5.45. The molecule has 0 radical (unpaired) electrons. The van der Waals surface area contributed by atoms with Crippen LogP contribution in [0.5, 0.6) is 0 Å². The third kappa shape index (κ3) is 2.99. The van der Waals surface area contributed by atoms with E-state index in [1.165, 1.54) is 0 Å². The van der Waals surface area contributed by atoms with Crippen molar-refractivity contribution >= 4 is 23.6 Å². The lowest BCUT2D eigenvalue weighted by molar-refractivity contribution is 0.295. The molecule has 0 bridgehead atoms. The summed E-state index contributed by atoms with van der Waals surface area (Å²) in [5.41, 5.74) is 0.740. The third-order valence-electron chi connectivity index (χ3n) is 2.46. The highest BCUT2D eigenvalue weighted by Gasteiger charge is 2.10. The van der Waals surface area contributed by atoms with Gasteiger partial charge >= 0.3 is 0 Å². The first-order chi connectivity index (χ1) is 8.22. The minimum absolute atomic E-state index is 0.276. The van der Waals surface area contributed by atoms with Gasteiger partial charge in [0, 0.05) is 5.38 Å². The molecule has 0 fully saturated rings. The van der Waals surface area contributed by atoms with Gasteiger partial charge in [-0.2, -0.15) is 0 Å². The van der Waals surface area contributed by atoms with Crippen molar-refractivity contribution in [3.05, 3.63) is 15.2 Å². The molecular weight excluding hydrogens is 256 g/mol. The molecule has 0 aromatic carbocycles. The van der Waals surface area contributed by atoms with Crippen molar-refractivity contribution in [2.45, 2.75) is 20.4 Å². The van der Waals surface area contributed by atoms with E-state index in [1.807, 2.05) is 5.38 Å². The summed E-state index contributed by atoms with van der Waals surface area (Å²) in [6.07, 6.45) is 0. The molecule has 2 heterocycles. The van der Waals surface area contributed by atoms with Crippen LogP contribution in [0.2, 0.25) is 0 Å². The molecule has 0 saturated carbocycles. The van der Waals surface area contributed by atoms with Crippen molar-refractivity contribution in [3.8, 4) is 11.6 Å². The number of thiazole rings is 1. The van der Waals surface area contributed by atoms with Crippen LogP contribution in [0, 0.1) is 4.84 Å². The van der Waals surface area contributed by atoms with Crippen molar-refractivity contribution in [1.82, 2.24) is 20.1 Å². The van der Waals surface area contributed by atoms with Crippen LogP contribution in [-0.4, -0.2) is 33.2 Å². The van der Waals surface area contributed by atoms with Crippen LogP contribution in [0.15, 0.2) is 9.80 Å². The Bertz CT molecular complexity index is 526. The highest BCUT2D eigenvalue weighted by atomic mass is 32.1. The van der Waals surface area contributed by atoms with Gasteiger partial charge < -0.3 is 4.42 Å². The van der Waals surface area contributed by atoms with Crippen molar-refractivity contribution in [2.75, 3.05) is 13.1 Å². The van der Waals surface area contributed by atoms with Gasteiger partial charge in [-0.3, -0.25) is 4.90 Å². The monoisotopic (exact) mass is 270 g/mol. The van der Waals surface area contributed by atoms with E-state index in [2.05, 4.69) is 33.9 Å². The number of aromatic nitrogens is 3. The topological polar surface area (TPSA) is 58.0 Å². The molecule has 0 unspecified atom stereocenters. The highest BCUT2D eigenvalue weighted by molar-refractivity contribution is 7.71. The number of H-pyrrole nitrogens is 1. The van der Waals surface area contributed by atoms with E-state index in [0.29, 0.717) is 5.89 Å². The van der Waals surface area contributed by atoms with Crippen LogP contribution < -0.4 is 0 Å². The molecule has 17 heavy (non-hydrogen) atoms. The molecule has 2 rings (SSSR count). The molecule has 2 aromatic heterocycles. The molecule has 0 aliphatic heterocycles. The maximum absolute atomic E-state index is 5.22. The van der Waals surface area contributed by atoms with Gasteiger partial charge in [-0.15, -0.1) is 16.4 Å². The van der Waals surface area contributed by atoms with E-state index < -0.39 is 0 Å². The van der Waals surface area contributed by atoms with Crippen molar-refractivity contribution in [3.63, 3.8) is 0 Å². The summed E-state index contributed by atoms with van der Waals surface area (Å²) < 4.78 is 5.22. The van der Waals surface area contributed by atoms with E-state index in [-0.39, 0.29) is 4.84 Å². The first kappa shape index (κ1) is 12.4. The van der Waals surface area contributed by atoms with E-state index >= 15 is 0 Å². The van der Waals surface area contributed by atoms with Gasteiger partial charge in [-0.05, 0) is 25.3 Å². The predicted molar refractivity (Wildman–Crippen MR) is 69.4 cm³/mol. The van der Waals surface area contributed by atoms with Crippen LogP contribution >= 0.6 is 23.6 Å². The molecule has 0 saturated heterocycles. The Kier molecular flexibility index (Phi) is 4.03. The standard InChI is InChI=1S/C10H14N4OS2/c1-3-14(4-2)5-8-11-7(6-17-8)9-12-13-10(16)15-9/h6H,3-5H2,1-2H3,(H,13,16). The van der Waals surface area contributed by atoms with Gasteiger partial charge in [0.15, 0.2) is 0 Å². The highest BCUT2D eigenvalue weighted by Crippen LogP contribution is 2.20. The molecular formula is C10H14N4OS2. The van der Waals surface area contributed by atoms with E-state index in [1.54, 1.807) is 11.3 Å². The Hall–Kier alpha value is -1.05. The fraction of sp³-hybridized carbons (Fsp3) is 0.500. The maximum atomic E-state index is 5.22. The quantitative estimate of drug-likeness (QED) is 0.847. The third-order valence-corrected chi connectivity index (χ3v) is 3.47. The normalized spacial score (nSPS) is 11.2. The number of nitrogens with zero attached hydrogens (tertiary/aromatic N) is 3. The van der Waals surface area contributed by atoms with Crippen LogP contribution in [0.1, 0.15) is 18.9 Å².